The van der Waals surface area contributed by atoms with Gasteiger partial charge in [0, 0.05) is 13.2 Å². The molecule has 0 radical (unpaired) electrons. The Balaban J connectivity index is 1.69. The van der Waals surface area contributed by atoms with Crippen LogP contribution in [0.2, 0.25) is 0 Å². The Labute approximate surface area is 111 Å². The predicted octanol–water partition coefficient (Wildman–Crippen LogP) is 2.56. The van der Waals surface area contributed by atoms with Crippen LogP contribution in [0.1, 0.15) is 51.4 Å². The fourth-order valence-corrected chi connectivity index (χ4v) is 6.65. The lowest BCUT2D eigenvalue weighted by molar-refractivity contribution is -0.131. The average molecular weight is 249 g/mol. The van der Waals surface area contributed by atoms with E-state index in [9.17, 15) is 5.11 Å². The second kappa shape index (κ2) is 3.96. The first-order valence-electron chi connectivity index (χ1n) is 8.07. The van der Waals surface area contributed by atoms with Crippen molar-refractivity contribution in [3.05, 3.63) is 0 Å². The van der Waals surface area contributed by atoms with Gasteiger partial charge >= 0.3 is 0 Å². The molecule has 18 heavy (non-hydrogen) atoms. The topological polar surface area (TPSA) is 32.3 Å². The normalized spacial score (nSPS) is 54.2. The lowest BCUT2D eigenvalue weighted by Crippen LogP contribution is -2.55. The van der Waals surface area contributed by atoms with Crippen molar-refractivity contribution >= 4 is 0 Å². The monoisotopic (exact) mass is 249 g/mol. The number of aliphatic hydroxyl groups excluding tert-OH is 1. The third-order valence-electron chi connectivity index (χ3n) is 7.00. The van der Waals surface area contributed by atoms with Crippen molar-refractivity contribution in [2.45, 2.75) is 51.4 Å². The summed E-state index contributed by atoms with van der Waals surface area (Å²) in [6.45, 7) is 2.75. The fraction of sp³-hybridized carbons (Fsp3) is 1.00. The molecule has 1 heterocycles. The van der Waals surface area contributed by atoms with Gasteiger partial charge in [-0.05, 0) is 86.5 Å². The Bertz CT molecular complexity index is 297. The maximum Gasteiger partial charge on any atom is 0.0437 e. The van der Waals surface area contributed by atoms with E-state index in [1.54, 1.807) is 0 Å². The summed E-state index contributed by atoms with van der Waals surface area (Å²) in [5.41, 5.74) is 1.05. The van der Waals surface area contributed by atoms with E-state index in [1.807, 2.05) is 0 Å². The van der Waals surface area contributed by atoms with E-state index < -0.39 is 0 Å². The molecule has 4 bridgehead atoms. The lowest BCUT2D eigenvalue weighted by atomic mass is 9.42. The molecule has 1 saturated heterocycles. The third kappa shape index (κ3) is 1.48. The number of aliphatic hydroxyl groups is 1. The molecule has 0 aromatic rings. The average Bonchev–Trinajstić information content (AvgIpc) is 2.78. The van der Waals surface area contributed by atoms with Crippen LogP contribution in [0, 0.1) is 28.6 Å². The molecule has 1 unspecified atom stereocenters. The van der Waals surface area contributed by atoms with Gasteiger partial charge in [-0.3, -0.25) is 0 Å². The second-order valence-electron chi connectivity index (χ2n) is 7.88. The fourth-order valence-electron chi connectivity index (χ4n) is 6.65. The number of hydrogen-bond donors (Lipinski definition) is 2. The van der Waals surface area contributed by atoms with Crippen molar-refractivity contribution in [3.63, 3.8) is 0 Å². The molecule has 0 amide bonds. The van der Waals surface area contributed by atoms with Crippen LogP contribution in [-0.2, 0) is 0 Å². The van der Waals surface area contributed by atoms with E-state index in [0.29, 0.717) is 17.4 Å². The highest BCUT2D eigenvalue weighted by molar-refractivity contribution is 5.11. The molecule has 4 saturated carbocycles. The molecule has 0 spiro atoms. The van der Waals surface area contributed by atoms with Crippen LogP contribution in [-0.4, -0.2) is 24.8 Å². The molecular formula is C16H27NO. The van der Waals surface area contributed by atoms with Gasteiger partial charge in [-0.1, -0.05) is 0 Å². The van der Waals surface area contributed by atoms with Crippen molar-refractivity contribution in [2.24, 2.45) is 28.6 Å². The second-order valence-corrected chi connectivity index (χ2v) is 7.88. The molecule has 2 N–H and O–H groups in total. The Morgan fingerprint density at radius 2 is 1.61 bits per heavy atom. The zero-order valence-electron chi connectivity index (χ0n) is 11.5. The molecular weight excluding hydrogens is 222 g/mol. The van der Waals surface area contributed by atoms with Gasteiger partial charge in [-0.2, -0.15) is 0 Å². The maximum absolute atomic E-state index is 9.57. The minimum Gasteiger partial charge on any atom is -0.396 e. The maximum atomic E-state index is 9.57. The van der Waals surface area contributed by atoms with Gasteiger partial charge in [0.15, 0.2) is 0 Å². The van der Waals surface area contributed by atoms with Crippen molar-refractivity contribution in [1.82, 2.24) is 5.32 Å². The Morgan fingerprint density at radius 3 is 2.06 bits per heavy atom. The molecule has 0 aromatic heterocycles. The van der Waals surface area contributed by atoms with Crippen LogP contribution in [0.4, 0.5) is 0 Å². The van der Waals surface area contributed by atoms with Gasteiger partial charge in [-0.15, -0.1) is 0 Å². The van der Waals surface area contributed by atoms with Crippen LogP contribution < -0.4 is 5.32 Å². The number of nitrogens with one attached hydrogen (secondary N) is 1. The molecule has 2 heteroatoms. The van der Waals surface area contributed by atoms with Gasteiger partial charge in [-0.25, -0.2) is 0 Å². The Morgan fingerprint density at radius 1 is 1.00 bits per heavy atom. The summed E-state index contributed by atoms with van der Waals surface area (Å²) in [6, 6.07) is 0. The standard InChI is InChI=1S/C16H27NO/c18-4-2-15(1-3-17-11-15)16-8-12-5-13(9-16)7-14(6-12)10-16/h12-14,17-18H,1-11H2. The zero-order valence-corrected chi connectivity index (χ0v) is 11.5. The van der Waals surface area contributed by atoms with E-state index in [-0.39, 0.29) is 0 Å². The van der Waals surface area contributed by atoms with Crippen molar-refractivity contribution in [3.8, 4) is 0 Å². The van der Waals surface area contributed by atoms with Gasteiger partial charge < -0.3 is 10.4 Å². The molecule has 5 rings (SSSR count). The summed E-state index contributed by atoms with van der Waals surface area (Å²) in [4.78, 5) is 0. The van der Waals surface area contributed by atoms with E-state index >= 15 is 0 Å². The predicted molar refractivity (Wildman–Crippen MR) is 72.2 cm³/mol. The summed E-state index contributed by atoms with van der Waals surface area (Å²) in [6.07, 6.45) is 11.4. The first-order chi connectivity index (χ1) is 8.75. The van der Waals surface area contributed by atoms with Gasteiger partial charge in [0.05, 0.1) is 0 Å². The summed E-state index contributed by atoms with van der Waals surface area (Å²) in [7, 11) is 0. The van der Waals surface area contributed by atoms with Crippen molar-refractivity contribution in [1.29, 1.82) is 0 Å². The molecule has 102 valence electrons. The minimum atomic E-state index is 0.392. The van der Waals surface area contributed by atoms with E-state index in [2.05, 4.69) is 5.32 Å². The Hall–Kier alpha value is -0.0800. The Kier molecular flexibility index (Phi) is 2.58. The SMILES string of the molecule is OCCC1(C23CC4CC(CC(C4)C2)C3)CCNC1. The number of hydrogen-bond acceptors (Lipinski definition) is 2. The van der Waals surface area contributed by atoms with E-state index in [4.69, 9.17) is 0 Å². The number of rotatable bonds is 3. The largest absolute Gasteiger partial charge is 0.396 e. The van der Waals surface area contributed by atoms with Crippen LogP contribution >= 0.6 is 0 Å². The first-order valence-corrected chi connectivity index (χ1v) is 8.07. The van der Waals surface area contributed by atoms with Crippen LogP contribution in [0.15, 0.2) is 0 Å². The third-order valence-corrected chi connectivity index (χ3v) is 7.00. The van der Waals surface area contributed by atoms with Crippen LogP contribution in [0.5, 0.6) is 0 Å². The van der Waals surface area contributed by atoms with Crippen LogP contribution in [0.3, 0.4) is 0 Å². The highest BCUT2D eigenvalue weighted by atomic mass is 16.3. The molecule has 1 atom stereocenters. The molecule has 4 aliphatic carbocycles. The zero-order chi connectivity index (χ0) is 12.2. The minimum absolute atomic E-state index is 0.392. The van der Waals surface area contributed by atoms with E-state index in [0.717, 1.165) is 24.2 Å². The first kappa shape index (κ1) is 11.7. The summed E-state index contributed by atoms with van der Waals surface area (Å²) < 4.78 is 0. The lowest BCUT2D eigenvalue weighted by Gasteiger charge is -2.63. The quantitative estimate of drug-likeness (QED) is 0.805. The molecule has 0 aromatic carbocycles. The molecule has 1 aliphatic heterocycles. The van der Waals surface area contributed by atoms with E-state index in [1.165, 1.54) is 58.0 Å². The summed E-state index contributed by atoms with van der Waals surface area (Å²) in [5, 5.41) is 13.2. The molecule has 2 nitrogen and oxygen atoms in total. The smallest absolute Gasteiger partial charge is 0.0437 e. The molecule has 5 fully saturated rings. The summed E-state index contributed by atoms with van der Waals surface area (Å²) in [5.74, 6) is 3.10. The van der Waals surface area contributed by atoms with Gasteiger partial charge in [0.2, 0.25) is 0 Å². The van der Waals surface area contributed by atoms with Crippen LogP contribution in [0.25, 0.3) is 0 Å². The highest BCUT2D eigenvalue weighted by Gasteiger charge is 2.60. The van der Waals surface area contributed by atoms with Gasteiger partial charge in [0.25, 0.3) is 0 Å². The van der Waals surface area contributed by atoms with Crippen molar-refractivity contribution in [2.75, 3.05) is 19.7 Å². The highest BCUT2D eigenvalue weighted by Crippen LogP contribution is 2.67. The van der Waals surface area contributed by atoms with Crippen molar-refractivity contribution < 1.29 is 5.11 Å². The molecule has 5 aliphatic rings. The van der Waals surface area contributed by atoms with Gasteiger partial charge in [0.1, 0.15) is 0 Å². The summed E-state index contributed by atoms with van der Waals surface area (Å²) >= 11 is 0.